The Morgan fingerprint density at radius 3 is 2.78 bits per heavy atom. The molecule has 0 aliphatic rings. The summed E-state index contributed by atoms with van der Waals surface area (Å²) in [7, 11) is 1.63. The summed E-state index contributed by atoms with van der Waals surface area (Å²) in [5, 5.41) is 12.0. The molecule has 100 valence electrons. The molecule has 0 saturated carbocycles. The molecule has 0 radical (unpaired) electrons. The van der Waals surface area contributed by atoms with Crippen LogP contribution in [0, 0.1) is 6.92 Å². The summed E-state index contributed by atoms with van der Waals surface area (Å²) in [6, 6.07) is 5.63. The molecule has 0 aromatic heterocycles. The Morgan fingerprint density at radius 1 is 1.50 bits per heavy atom. The molecule has 0 bridgehead atoms. The van der Waals surface area contributed by atoms with E-state index in [2.05, 4.69) is 5.32 Å². The van der Waals surface area contributed by atoms with Crippen LogP contribution in [-0.2, 0) is 4.79 Å². The molecule has 0 unspecified atom stereocenters. The zero-order valence-electron chi connectivity index (χ0n) is 11.2. The summed E-state index contributed by atoms with van der Waals surface area (Å²) in [6.07, 6.45) is 0.699. The van der Waals surface area contributed by atoms with Gasteiger partial charge in [0.1, 0.15) is 5.75 Å². The standard InChI is InChI=1S/C14H21NO3/c1-10-9-12(11(2)16)6-7-13(10)18-8-4-5-14(17)15-3/h6-7,9,11,16H,4-5,8H2,1-3H3,(H,15,17)/t11-/m0/s1. The Bertz CT molecular complexity index is 402. The van der Waals surface area contributed by atoms with Crippen molar-refractivity contribution >= 4 is 5.91 Å². The van der Waals surface area contributed by atoms with Crippen molar-refractivity contribution in [3.63, 3.8) is 0 Å². The van der Waals surface area contributed by atoms with Crippen LogP contribution in [0.15, 0.2) is 18.2 Å². The molecule has 1 aromatic rings. The first kappa shape index (κ1) is 14.5. The number of aliphatic hydroxyl groups is 1. The minimum atomic E-state index is -0.467. The minimum Gasteiger partial charge on any atom is -0.493 e. The Morgan fingerprint density at radius 2 is 2.22 bits per heavy atom. The van der Waals surface area contributed by atoms with Crippen molar-refractivity contribution in [3.8, 4) is 5.75 Å². The summed E-state index contributed by atoms with van der Waals surface area (Å²) in [4.78, 5) is 11.0. The van der Waals surface area contributed by atoms with Crippen molar-refractivity contribution in [2.24, 2.45) is 0 Å². The third kappa shape index (κ3) is 4.37. The van der Waals surface area contributed by atoms with Gasteiger partial charge in [-0.15, -0.1) is 0 Å². The first-order valence-electron chi connectivity index (χ1n) is 6.16. The lowest BCUT2D eigenvalue weighted by Gasteiger charge is -2.11. The molecule has 18 heavy (non-hydrogen) atoms. The number of carbonyl (C=O) groups is 1. The van der Waals surface area contributed by atoms with Gasteiger partial charge in [-0.25, -0.2) is 0 Å². The topological polar surface area (TPSA) is 58.6 Å². The molecule has 2 N–H and O–H groups in total. The molecule has 0 fully saturated rings. The van der Waals surface area contributed by atoms with E-state index in [0.717, 1.165) is 16.9 Å². The van der Waals surface area contributed by atoms with Gasteiger partial charge in [0.25, 0.3) is 0 Å². The average Bonchev–Trinajstić information content (AvgIpc) is 2.35. The first-order valence-corrected chi connectivity index (χ1v) is 6.16. The summed E-state index contributed by atoms with van der Waals surface area (Å²) in [5.41, 5.74) is 1.87. The number of rotatable bonds is 6. The fourth-order valence-electron chi connectivity index (χ4n) is 1.63. The number of hydrogen-bond acceptors (Lipinski definition) is 3. The van der Waals surface area contributed by atoms with Crippen LogP contribution in [0.3, 0.4) is 0 Å². The zero-order valence-corrected chi connectivity index (χ0v) is 11.2. The quantitative estimate of drug-likeness (QED) is 0.760. The lowest BCUT2D eigenvalue weighted by Crippen LogP contribution is -2.18. The minimum absolute atomic E-state index is 0.0276. The molecular formula is C14H21NO3. The number of benzene rings is 1. The van der Waals surface area contributed by atoms with Gasteiger partial charge in [0, 0.05) is 13.5 Å². The third-order valence-electron chi connectivity index (χ3n) is 2.77. The van der Waals surface area contributed by atoms with Crippen molar-refractivity contribution < 1.29 is 14.6 Å². The molecule has 0 spiro atoms. The Balaban J connectivity index is 2.45. The van der Waals surface area contributed by atoms with Crippen molar-refractivity contribution in [3.05, 3.63) is 29.3 Å². The molecule has 1 rings (SSSR count). The molecule has 1 amide bonds. The van der Waals surface area contributed by atoms with Crippen LogP contribution >= 0.6 is 0 Å². The van der Waals surface area contributed by atoms with Crippen LogP contribution in [0.2, 0.25) is 0 Å². The second-order valence-electron chi connectivity index (χ2n) is 4.33. The molecule has 4 nitrogen and oxygen atoms in total. The highest BCUT2D eigenvalue weighted by Gasteiger charge is 2.05. The monoisotopic (exact) mass is 251 g/mol. The Labute approximate surface area is 108 Å². The van der Waals surface area contributed by atoms with Gasteiger partial charge in [0.05, 0.1) is 12.7 Å². The van der Waals surface area contributed by atoms with E-state index in [1.165, 1.54) is 0 Å². The van der Waals surface area contributed by atoms with Crippen LogP contribution < -0.4 is 10.1 Å². The van der Waals surface area contributed by atoms with Crippen LogP contribution in [-0.4, -0.2) is 24.7 Å². The normalized spacial score (nSPS) is 12.0. The Kier molecular flexibility index (Phi) is 5.65. The van der Waals surface area contributed by atoms with Crippen LogP contribution in [0.1, 0.15) is 37.0 Å². The fraction of sp³-hybridized carbons (Fsp3) is 0.500. The molecular weight excluding hydrogens is 230 g/mol. The van der Waals surface area contributed by atoms with Gasteiger partial charge in [-0.1, -0.05) is 6.07 Å². The maximum absolute atomic E-state index is 11.0. The van der Waals surface area contributed by atoms with Gasteiger partial charge in [-0.05, 0) is 43.5 Å². The number of aryl methyl sites for hydroxylation is 1. The van der Waals surface area contributed by atoms with Gasteiger partial charge >= 0.3 is 0 Å². The SMILES string of the molecule is CNC(=O)CCCOc1ccc([C@H](C)O)cc1C. The molecule has 0 aliphatic carbocycles. The highest BCUT2D eigenvalue weighted by atomic mass is 16.5. The van der Waals surface area contributed by atoms with E-state index in [4.69, 9.17) is 4.74 Å². The number of hydrogen-bond donors (Lipinski definition) is 2. The summed E-state index contributed by atoms with van der Waals surface area (Å²) >= 11 is 0. The third-order valence-corrected chi connectivity index (χ3v) is 2.77. The first-order chi connectivity index (χ1) is 8.54. The van der Waals surface area contributed by atoms with Gasteiger partial charge in [-0.2, -0.15) is 0 Å². The highest BCUT2D eigenvalue weighted by molar-refractivity contribution is 5.75. The van der Waals surface area contributed by atoms with E-state index >= 15 is 0 Å². The number of carbonyl (C=O) groups excluding carboxylic acids is 1. The van der Waals surface area contributed by atoms with E-state index in [1.54, 1.807) is 14.0 Å². The molecule has 0 aliphatic heterocycles. The second-order valence-corrected chi connectivity index (χ2v) is 4.33. The van der Waals surface area contributed by atoms with Crippen molar-refractivity contribution in [2.75, 3.05) is 13.7 Å². The smallest absolute Gasteiger partial charge is 0.219 e. The largest absolute Gasteiger partial charge is 0.493 e. The average molecular weight is 251 g/mol. The predicted octanol–water partition coefficient (Wildman–Crippen LogP) is 1.95. The van der Waals surface area contributed by atoms with Crippen LogP contribution in [0.4, 0.5) is 0 Å². The van der Waals surface area contributed by atoms with Crippen molar-refractivity contribution in [2.45, 2.75) is 32.8 Å². The van der Waals surface area contributed by atoms with Crippen LogP contribution in [0.25, 0.3) is 0 Å². The maximum atomic E-state index is 11.0. The van der Waals surface area contributed by atoms with Gasteiger partial charge in [-0.3, -0.25) is 4.79 Å². The molecule has 0 heterocycles. The van der Waals surface area contributed by atoms with Gasteiger partial charge in [0.15, 0.2) is 0 Å². The zero-order chi connectivity index (χ0) is 13.5. The summed E-state index contributed by atoms with van der Waals surface area (Å²) < 4.78 is 5.60. The van der Waals surface area contributed by atoms with Gasteiger partial charge < -0.3 is 15.2 Å². The van der Waals surface area contributed by atoms with E-state index in [1.807, 2.05) is 25.1 Å². The van der Waals surface area contributed by atoms with E-state index in [0.29, 0.717) is 19.4 Å². The van der Waals surface area contributed by atoms with Crippen molar-refractivity contribution in [1.29, 1.82) is 0 Å². The van der Waals surface area contributed by atoms with Crippen molar-refractivity contribution in [1.82, 2.24) is 5.32 Å². The number of ether oxygens (including phenoxy) is 1. The number of aliphatic hydroxyl groups excluding tert-OH is 1. The Hall–Kier alpha value is -1.55. The second kappa shape index (κ2) is 7.01. The fourth-order valence-corrected chi connectivity index (χ4v) is 1.63. The van der Waals surface area contributed by atoms with E-state index in [-0.39, 0.29) is 5.91 Å². The lowest BCUT2D eigenvalue weighted by molar-refractivity contribution is -0.120. The number of nitrogens with one attached hydrogen (secondary N) is 1. The van der Waals surface area contributed by atoms with E-state index in [9.17, 15) is 9.90 Å². The van der Waals surface area contributed by atoms with Crippen LogP contribution in [0.5, 0.6) is 5.75 Å². The van der Waals surface area contributed by atoms with E-state index < -0.39 is 6.10 Å². The maximum Gasteiger partial charge on any atom is 0.219 e. The molecule has 1 aromatic carbocycles. The molecule has 0 saturated heterocycles. The number of amides is 1. The molecule has 4 heteroatoms. The predicted molar refractivity (Wildman–Crippen MR) is 70.6 cm³/mol. The molecule has 1 atom stereocenters. The van der Waals surface area contributed by atoms with Gasteiger partial charge in [0.2, 0.25) is 5.91 Å². The summed E-state index contributed by atoms with van der Waals surface area (Å²) in [6.45, 7) is 4.20. The summed E-state index contributed by atoms with van der Waals surface area (Å²) in [5.74, 6) is 0.830. The highest BCUT2D eigenvalue weighted by Crippen LogP contribution is 2.22. The lowest BCUT2D eigenvalue weighted by atomic mass is 10.1.